The Hall–Kier alpha value is -0.910. The molecule has 1 unspecified atom stereocenters. The van der Waals surface area contributed by atoms with Crippen LogP contribution in [0.25, 0.3) is 0 Å². The number of benzene rings is 1. The number of rotatable bonds is 5. The lowest BCUT2D eigenvalue weighted by atomic mass is 10.1. The van der Waals surface area contributed by atoms with Gasteiger partial charge in [0.05, 0.1) is 0 Å². The van der Waals surface area contributed by atoms with E-state index in [1.54, 1.807) is 7.05 Å². The van der Waals surface area contributed by atoms with E-state index in [1.165, 1.54) is 4.90 Å². The van der Waals surface area contributed by atoms with Crippen LogP contribution >= 0.6 is 15.9 Å². The van der Waals surface area contributed by atoms with Crippen molar-refractivity contribution in [1.29, 1.82) is 0 Å². The van der Waals surface area contributed by atoms with E-state index in [9.17, 15) is 9.90 Å². The van der Waals surface area contributed by atoms with Crippen molar-refractivity contribution >= 4 is 21.8 Å². The molecule has 0 aromatic heterocycles. The van der Waals surface area contributed by atoms with Crippen LogP contribution in [-0.2, 0) is 11.2 Å². The number of amides is 1. The summed E-state index contributed by atoms with van der Waals surface area (Å²) in [5, 5.41) is 9.31. The van der Waals surface area contributed by atoms with E-state index < -0.39 is 6.10 Å². The fourth-order valence-electron chi connectivity index (χ4n) is 1.45. The van der Waals surface area contributed by atoms with Crippen LogP contribution in [0, 0.1) is 0 Å². The minimum absolute atomic E-state index is 0.0416. The molecule has 3 N–H and O–H groups in total. The molecule has 0 saturated carbocycles. The van der Waals surface area contributed by atoms with Crippen molar-refractivity contribution < 1.29 is 9.90 Å². The maximum absolute atomic E-state index is 11.5. The summed E-state index contributed by atoms with van der Waals surface area (Å²) in [4.78, 5) is 13.0. The molecule has 0 aliphatic heterocycles. The molecule has 1 aromatic rings. The number of aliphatic hydroxyl groups excluding tert-OH is 1. The Bertz CT molecular complexity index is 385. The number of carbonyl (C=O) groups is 1. The van der Waals surface area contributed by atoms with Crippen molar-refractivity contribution in [2.45, 2.75) is 12.5 Å². The highest BCUT2D eigenvalue weighted by molar-refractivity contribution is 9.10. The molecule has 5 heteroatoms. The number of nitrogens with zero attached hydrogens (tertiary/aromatic N) is 1. The first-order valence-electron chi connectivity index (χ1n) is 5.42. The Morgan fingerprint density at radius 1 is 1.59 bits per heavy atom. The molecule has 94 valence electrons. The van der Waals surface area contributed by atoms with Gasteiger partial charge in [0.25, 0.3) is 5.91 Å². The molecule has 0 radical (unpaired) electrons. The summed E-state index contributed by atoms with van der Waals surface area (Å²) in [6.45, 7) is 0.520. The van der Waals surface area contributed by atoms with Crippen LogP contribution in [0.5, 0.6) is 0 Å². The van der Waals surface area contributed by atoms with Gasteiger partial charge in [0.15, 0.2) is 0 Å². The summed E-state index contributed by atoms with van der Waals surface area (Å²) < 4.78 is 1.02. The van der Waals surface area contributed by atoms with Crippen LogP contribution in [0.3, 0.4) is 0 Å². The minimum Gasteiger partial charge on any atom is -0.382 e. The second kappa shape index (κ2) is 6.74. The number of hydrogen-bond donors (Lipinski definition) is 2. The molecule has 1 aromatic carbocycles. The van der Waals surface area contributed by atoms with Crippen LogP contribution in [0.1, 0.15) is 5.56 Å². The molecular weight excluding hydrogens is 284 g/mol. The Balaban J connectivity index is 2.48. The van der Waals surface area contributed by atoms with Gasteiger partial charge in [0.2, 0.25) is 0 Å². The molecule has 0 spiro atoms. The van der Waals surface area contributed by atoms with Crippen molar-refractivity contribution in [3.8, 4) is 0 Å². The van der Waals surface area contributed by atoms with Gasteiger partial charge in [-0.25, -0.2) is 0 Å². The summed E-state index contributed by atoms with van der Waals surface area (Å²) in [5.74, 6) is -0.331. The molecule has 1 rings (SSSR count). The summed E-state index contributed by atoms with van der Waals surface area (Å²) >= 11 is 3.40. The lowest BCUT2D eigenvalue weighted by molar-refractivity contribution is -0.138. The SMILES string of the molecule is CN(CCc1cccc(Br)c1)C(=O)C(O)CN. The maximum Gasteiger partial charge on any atom is 0.252 e. The predicted molar refractivity (Wildman–Crippen MR) is 70.5 cm³/mol. The quantitative estimate of drug-likeness (QED) is 0.844. The van der Waals surface area contributed by atoms with Crippen LogP contribution in [0.4, 0.5) is 0 Å². The third kappa shape index (κ3) is 4.46. The highest BCUT2D eigenvalue weighted by Gasteiger charge is 2.17. The minimum atomic E-state index is -1.09. The van der Waals surface area contributed by atoms with Gasteiger partial charge in [-0.15, -0.1) is 0 Å². The molecule has 17 heavy (non-hydrogen) atoms. The number of aliphatic hydroxyl groups is 1. The summed E-state index contributed by atoms with van der Waals surface area (Å²) in [6, 6.07) is 7.92. The highest BCUT2D eigenvalue weighted by Crippen LogP contribution is 2.12. The third-order valence-corrected chi connectivity index (χ3v) is 3.00. The average Bonchev–Trinajstić information content (AvgIpc) is 2.34. The second-order valence-corrected chi connectivity index (χ2v) is 4.81. The maximum atomic E-state index is 11.5. The van der Waals surface area contributed by atoms with E-state index in [2.05, 4.69) is 15.9 Å². The monoisotopic (exact) mass is 300 g/mol. The molecule has 1 amide bonds. The summed E-state index contributed by atoms with van der Waals surface area (Å²) in [7, 11) is 1.67. The van der Waals surface area contributed by atoms with Gasteiger partial charge >= 0.3 is 0 Å². The van der Waals surface area contributed by atoms with Crippen molar-refractivity contribution in [3.63, 3.8) is 0 Å². The number of nitrogens with two attached hydrogens (primary N) is 1. The van der Waals surface area contributed by atoms with Crippen molar-refractivity contribution in [2.75, 3.05) is 20.1 Å². The van der Waals surface area contributed by atoms with Gasteiger partial charge in [0.1, 0.15) is 6.10 Å². The lowest BCUT2D eigenvalue weighted by Gasteiger charge is -2.19. The molecule has 0 saturated heterocycles. The molecule has 1 atom stereocenters. The zero-order valence-electron chi connectivity index (χ0n) is 9.77. The fraction of sp³-hybridized carbons (Fsp3) is 0.417. The third-order valence-electron chi connectivity index (χ3n) is 2.51. The van der Waals surface area contributed by atoms with Gasteiger partial charge < -0.3 is 15.7 Å². The average molecular weight is 301 g/mol. The summed E-state index contributed by atoms with van der Waals surface area (Å²) in [5.41, 5.74) is 6.37. The van der Waals surface area contributed by atoms with Gasteiger partial charge in [0, 0.05) is 24.6 Å². The van der Waals surface area contributed by atoms with E-state index in [0.29, 0.717) is 6.54 Å². The molecule has 0 aliphatic rings. The van der Waals surface area contributed by atoms with Crippen molar-refractivity contribution in [1.82, 2.24) is 4.90 Å². The topological polar surface area (TPSA) is 66.6 Å². The summed E-state index contributed by atoms with van der Waals surface area (Å²) in [6.07, 6.45) is -0.346. The van der Waals surface area contributed by atoms with Gasteiger partial charge in [-0.3, -0.25) is 4.79 Å². The van der Waals surface area contributed by atoms with Gasteiger partial charge in [-0.1, -0.05) is 28.1 Å². The normalized spacial score (nSPS) is 12.2. The molecular formula is C12H17BrN2O2. The van der Waals surface area contributed by atoms with Crippen LogP contribution in [0.2, 0.25) is 0 Å². The van der Waals surface area contributed by atoms with E-state index in [0.717, 1.165) is 16.5 Å². The van der Waals surface area contributed by atoms with E-state index in [-0.39, 0.29) is 12.5 Å². The van der Waals surface area contributed by atoms with Crippen molar-refractivity contribution in [2.24, 2.45) is 5.73 Å². The zero-order valence-corrected chi connectivity index (χ0v) is 11.4. The molecule has 0 aliphatic carbocycles. The Labute approximate surface area is 110 Å². The van der Waals surface area contributed by atoms with Crippen LogP contribution in [-0.4, -0.2) is 42.2 Å². The number of likely N-dealkylation sites (N-methyl/N-ethyl adjacent to an activating group) is 1. The molecule has 0 fully saturated rings. The first-order valence-corrected chi connectivity index (χ1v) is 6.21. The van der Waals surface area contributed by atoms with Gasteiger partial charge in [-0.2, -0.15) is 0 Å². The predicted octanol–water partition coefficient (Wildman–Crippen LogP) is 0.770. The Morgan fingerprint density at radius 2 is 2.29 bits per heavy atom. The lowest BCUT2D eigenvalue weighted by Crippen LogP contribution is -2.41. The smallest absolute Gasteiger partial charge is 0.252 e. The molecule has 4 nitrogen and oxygen atoms in total. The Morgan fingerprint density at radius 3 is 2.88 bits per heavy atom. The molecule has 0 bridgehead atoms. The largest absolute Gasteiger partial charge is 0.382 e. The Kier molecular flexibility index (Phi) is 5.61. The van der Waals surface area contributed by atoms with E-state index in [4.69, 9.17) is 5.73 Å². The number of hydrogen-bond acceptors (Lipinski definition) is 3. The van der Waals surface area contributed by atoms with E-state index >= 15 is 0 Å². The van der Waals surface area contributed by atoms with Gasteiger partial charge in [-0.05, 0) is 24.1 Å². The first-order chi connectivity index (χ1) is 8.04. The number of halogens is 1. The fourth-order valence-corrected chi connectivity index (χ4v) is 1.90. The van der Waals surface area contributed by atoms with E-state index in [1.807, 2.05) is 24.3 Å². The molecule has 0 heterocycles. The van der Waals surface area contributed by atoms with Crippen molar-refractivity contribution in [3.05, 3.63) is 34.3 Å². The van der Waals surface area contributed by atoms with Crippen LogP contribution < -0.4 is 5.73 Å². The number of carbonyl (C=O) groups excluding carboxylic acids is 1. The standard InChI is InChI=1S/C12H17BrN2O2/c1-15(12(17)11(16)8-14)6-5-9-3-2-4-10(13)7-9/h2-4,7,11,16H,5-6,8,14H2,1H3. The highest BCUT2D eigenvalue weighted by atomic mass is 79.9. The zero-order chi connectivity index (χ0) is 12.8. The first kappa shape index (κ1) is 14.2. The second-order valence-electron chi connectivity index (χ2n) is 3.89. The van der Waals surface area contributed by atoms with Crippen LogP contribution in [0.15, 0.2) is 28.7 Å².